The Kier molecular flexibility index (Phi) is 2.93. The van der Waals surface area contributed by atoms with Gasteiger partial charge in [0.05, 0.1) is 0 Å². The molecule has 0 fully saturated rings. The fraction of sp³-hybridized carbons (Fsp3) is 0.250. The zero-order valence-electron chi connectivity index (χ0n) is 10.4. The molecule has 0 saturated carbocycles. The molecule has 0 aliphatic heterocycles. The maximum atomic E-state index is 5.89. The van der Waals surface area contributed by atoms with Gasteiger partial charge in [0.2, 0.25) is 0 Å². The Balaban J connectivity index is 1.72. The van der Waals surface area contributed by atoms with Crippen molar-refractivity contribution in [2.75, 3.05) is 5.73 Å². The quantitative estimate of drug-likeness (QED) is 0.834. The van der Waals surface area contributed by atoms with E-state index in [1.807, 2.05) is 24.3 Å². The standard InChI is InChI=1S/C16H17NO/c17-16-7-2-1-4-14(16)11-18-15-9-8-12-5-3-6-13(12)10-15/h1-2,4,7-10H,3,5-6,11,17H2. The molecule has 0 aromatic heterocycles. The molecule has 92 valence electrons. The lowest BCUT2D eigenvalue weighted by Gasteiger charge is -2.09. The third kappa shape index (κ3) is 2.19. The van der Waals surface area contributed by atoms with E-state index in [1.54, 1.807) is 0 Å². The van der Waals surface area contributed by atoms with Crippen LogP contribution in [0.25, 0.3) is 0 Å². The lowest BCUT2D eigenvalue weighted by atomic mass is 10.1. The summed E-state index contributed by atoms with van der Waals surface area (Å²) in [7, 11) is 0. The minimum absolute atomic E-state index is 0.533. The Morgan fingerprint density at radius 2 is 1.83 bits per heavy atom. The van der Waals surface area contributed by atoms with Crippen molar-refractivity contribution in [2.45, 2.75) is 25.9 Å². The van der Waals surface area contributed by atoms with Crippen molar-refractivity contribution in [2.24, 2.45) is 0 Å². The van der Waals surface area contributed by atoms with Crippen LogP contribution in [-0.4, -0.2) is 0 Å². The Morgan fingerprint density at radius 3 is 2.72 bits per heavy atom. The van der Waals surface area contributed by atoms with Crippen LogP contribution < -0.4 is 10.5 Å². The largest absolute Gasteiger partial charge is 0.489 e. The third-order valence-corrected chi connectivity index (χ3v) is 3.52. The molecule has 2 nitrogen and oxygen atoms in total. The van der Waals surface area contributed by atoms with Gasteiger partial charge < -0.3 is 10.5 Å². The zero-order valence-corrected chi connectivity index (χ0v) is 10.4. The lowest BCUT2D eigenvalue weighted by Crippen LogP contribution is -2.00. The van der Waals surface area contributed by atoms with Gasteiger partial charge in [-0.3, -0.25) is 0 Å². The van der Waals surface area contributed by atoms with E-state index >= 15 is 0 Å². The van der Waals surface area contributed by atoms with Gasteiger partial charge in [0.25, 0.3) is 0 Å². The monoisotopic (exact) mass is 239 g/mol. The molecule has 2 aromatic carbocycles. The predicted octanol–water partition coefficient (Wildman–Crippen LogP) is 3.34. The first-order chi connectivity index (χ1) is 8.83. The van der Waals surface area contributed by atoms with E-state index < -0.39 is 0 Å². The van der Waals surface area contributed by atoms with Crippen molar-refractivity contribution in [1.29, 1.82) is 0 Å². The van der Waals surface area contributed by atoms with Crippen LogP contribution in [0.2, 0.25) is 0 Å². The molecule has 0 heterocycles. The van der Waals surface area contributed by atoms with Gasteiger partial charge in [0, 0.05) is 11.3 Å². The first-order valence-corrected chi connectivity index (χ1v) is 6.41. The van der Waals surface area contributed by atoms with E-state index in [4.69, 9.17) is 10.5 Å². The molecule has 0 atom stereocenters. The van der Waals surface area contributed by atoms with Crippen LogP contribution >= 0.6 is 0 Å². The van der Waals surface area contributed by atoms with Gasteiger partial charge in [-0.25, -0.2) is 0 Å². The number of rotatable bonds is 3. The van der Waals surface area contributed by atoms with Gasteiger partial charge in [-0.1, -0.05) is 24.3 Å². The highest BCUT2D eigenvalue weighted by molar-refractivity contribution is 5.46. The highest BCUT2D eigenvalue weighted by atomic mass is 16.5. The fourth-order valence-electron chi connectivity index (χ4n) is 2.46. The molecule has 2 aromatic rings. The molecule has 18 heavy (non-hydrogen) atoms. The molecule has 0 unspecified atom stereocenters. The topological polar surface area (TPSA) is 35.2 Å². The van der Waals surface area contributed by atoms with Crippen LogP contribution in [0.4, 0.5) is 5.69 Å². The van der Waals surface area contributed by atoms with Crippen LogP contribution in [0.3, 0.4) is 0 Å². The smallest absolute Gasteiger partial charge is 0.120 e. The summed E-state index contributed by atoms with van der Waals surface area (Å²) in [6, 6.07) is 14.2. The second-order valence-corrected chi connectivity index (χ2v) is 4.77. The summed E-state index contributed by atoms with van der Waals surface area (Å²) in [4.78, 5) is 0. The second-order valence-electron chi connectivity index (χ2n) is 4.77. The van der Waals surface area contributed by atoms with Gasteiger partial charge >= 0.3 is 0 Å². The Morgan fingerprint density at radius 1 is 1.00 bits per heavy atom. The highest BCUT2D eigenvalue weighted by Gasteiger charge is 2.11. The lowest BCUT2D eigenvalue weighted by molar-refractivity contribution is 0.306. The maximum absolute atomic E-state index is 5.89. The third-order valence-electron chi connectivity index (χ3n) is 3.52. The van der Waals surface area contributed by atoms with E-state index in [9.17, 15) is 0 Å². The Hall–Kier alpha value is -1.96. The number of anilines is 1. The van der Waals surface area contributed by atoms with Crippen LogP contribution in [0.1, 0.15) is 23.1 Å². The van der Waals surface area contributed by atoms with E-state index in [0.29, 0.717) is 6.61 Å². The number of nitrogens with two attached hydrogens (primary N) is 1. The van der Waals surface area contributed by atoms with Gasteiger partial charge in [0.15, 0.2) is 0 Å². The minimum Gasteiger partial charge on any atom is -0.489 e. The van der Waals surface area contributed by atoms with Crippen molar-refractivity contribution in [3.05, 3.63) is 59.2 Å². The first kappa shape index (κ1) is 11.1. The average molecular weight is 239 g/mol. The molecule has 1 aliphatic rings. The molecule has 1 aliphatic carbocycles. The fourth-order valence-corrected chi connectivity index (χ4v) is 2.46. The van der Waals surface area contributed by atoms with E-state index in [0.717, 1.165) is 17.0 Å². The highest BCUT2D eigenvalue weighted by Crippen LogP contribution is 2.26. The first-order valence-electron chi connectivity index (χ1n) is 6.41. The molecule has 0 spiro atoms. The molecule has 0 radical (unpaired) electrons. The molecule has 3 rings (SSSR count). The zero-order chi connectivity index (χ0) is 12.4. The SMILES string of the molecule is Nc1ccccc1COc1ccc2c(c1)CCC2. The number of hydrogen-bond donors (Lipinski definition) is 1. The van der Waals surface area contributed by atoms with Crippen molar-refractivity contribution >= 4 is 5.69 Å². The van der Waals surface area contributed by atoms with E-state index in [2.05, 4.69) is 18.2 Å². The molecule has 2 heteroatoms. The maximum Gasteiger partial charge on any atom is 0.120 e. The molecule has 0 bridgehead atoms. The minimum atomic E-state index is 0.533. The van der Waals surface area contributed by atoms with E-state index in [-0.39, 0.29) is 0 Å². The van der Waals surface area contributed by atoms with Crippen molar-refractivity contribution in [3.8, 4) is 5.75 Å². The van der Waals surface area contributed by atoms with Gasteiger partial charge in [-0.05, 0) is 48.6 Å². The summed E-state index contributed by atoms with van der Waals surface area (Å²) in [6.07, 6.45) is 3.66. The molecule has 0 amide bonds. The Labute approximate surface area is 107 Å². The van der Waals surface area contributed by atoms with Crippen molar-refractivity contribution in [3.63, 3.8) is 0 Å². The number of nitrogen functional groups attached to an aromatic ring is 1. The molecular formula is C16H17NO. The Bertz CT molecular complexity index is 563. The van der Waals surface area contributed by atoms with Gasteiger partial charge in [-0.2, -0.15) is 0 Å². The molecule has 0 saturated heterocycles. The molecule has 2 N–H and O–H groups in total. The van der Waals surface area contributed by atoms with Crippen LogP contribution in [0, 0.1) is 0 Å². The number of fused-ring (bicyclic) bond motifs is 1. The predicted molar refractivity (Wildman–Crippen MR) is 73.7 cm³/mol. The summed E-state index contributed by atoms with van der Waals surface area (Å²) in [5.41, 5.74) is 10.6. The summed E-state index contributed by atoms with van der Waals surface area (Å²) in [6.45, 7) is 0.533. The van der Waals surface area contributed by atoms with Crippen LogP contribution in [0.5, 0.6) is 5.75 Å². The normalized spacial score (nSPS) is 13.3. The van der Waals surface area contributed by atoms with Crippen molar-refractivity contribution < 1.29 is 4.74 Å². The van der Waals surface area contributed by atoms with Gasteiger partial charge in [-0.15, -0.1) is 0 Å². The van der Waals surface area contributed by atoms with Gasteiger partial charge in [0.1, 0.15) is 12.4 Å². The van der Waals surface area contributed by atoms with Crippen LogP contribution in [0.15, 0.2) is 42.5 Å². The summed E-state index contributed by atoms with van der Waals surface area (Å²) in [5.74, 6) is 0.943. The number of para-hydroxylation sites is 1. The summed E-state index contributed by atoms with van der Waals surface area (Å²) >= 11 is 0. The number of aryl methyl sites for hydroxylation is 2. The second kappa shape index (κ2) is 4.73. The summed E-state index contributed by atoms with van der Waals surface area (Å²) in [5, 5.41) is 0. The van der Waals surface area contributed by atoms with Crippen molar-refractivity contribution in [1.82, 2.24) is 0 Å². The number of hydrogen-bond acceptors (Lipinski definition) is 2. The van der Waals surface area contributed by atoms with E-state index in [1.165, 1.54) is 30.4 Å². The number of benzene rings is 2. The van der Waals surface area contributed by atoms with Crippen LogP contribution in [-0.2, 0) is 19.4 Å². The molecular weight excluding hydrogens is 222 g/mol. The average Bonchev–Trinajstić information content (AvgIpc) is 2.85. The summed E-state index contributed by atoms with van der Waals surface area (Å²) < 4.78 is 5.82. The number of ether oxygens (including phenoxy) is 1.